The number of nitrogens with one attached hydrogen (secondary N) is 1. The number of Topliss-reactive ketones (excluding diaryl/α,β-unsaturated/α-hetero) is 1. The van der Waals surface area contributed by atoms with Crippen LogP contribution in [0.15, 0.2) is 58.7 Å². The summed E-state index contributed by atoms with van der Waals surface area (Å²) < 4.78 is 5.29. The van der Waals surface area contributed by atoms with Crippen molar-refractivity contribution in [1.82, 2.24) is 0 Å². The highest BCUT2D eigenvalue weighted by Crippen LogP contribution is 2.45. The van der Waals surface area contributed by atoms with E-state index >= 15 is 0 Å². The number of aliphatic imine (C=N–C) groups is 1. The third kappa shape index (κ3) is 3.85. The molecule has 160 valence electrons. The Hall–Kier alpha value is -3.41. The quantitative estimate of drug-likeness (QED) is 0.764. The molecule has 2 aliphatic rings. The van der Waals surface area contributed by atoms with Gasteiger partial charge in [-0.1, -0.05) is 24.3 Å². The van der Waals surface area contributed by atoms with Crippen LogP contribution in [0.25, 0.3) is 0 Å². The number of aryl methyl sites for hydroxylation is 1. The van der Waals surface area contributed by atoms with Crippen molar-refractivity contribution in [1.29, 1.82) is 0 Å². The highest BCUT2D eigenvalue weighted by Gasteiger charge is 2.42. The number of methoxy groups -OCH3 is 1. The van der Waals surface area contributed by atoms with Gasteiger partial charge in [-0.15, -0.1) is 0 Å². The zero-order chi connectivity index (χ0) is 22.1. The summed E-state index contributed by atoms with van der Waals surface area (Å²) in [7, 11) is 1.48. The van der Waals surface area contributed by atoms with Crippen molar-refractivity contribution >= 4 is 23.1 Å². The standard InChI is InChI=1S/C25H26N2O4/c1-14-7-4-5-8-17(14)27-25(30)22-15(2)26-18-9-6-10-20(29)24(18)23(22)16-11-12-19(28)21(13-16)31-3/h4-5,7-8,11-13,22-23,28H,6,9-10H2,1-3H3,(H,27,30)/t22?,23-/m0/s1. The van der Waals surface area contributed by atoms with Gasteiger partial charge < -0.3 is 15.2 Å². The number of anilines is 1. The second-order valence-corrected chi connectivity index (χ2v) is 8.08. The third-order valence-electron chi connectivity index (χ3n) is 6.08. The Morgan fingerprint density at radius 3 is 2.68 bits per heavy atom. The topological polar surface area (TPSA) is 88.0 Å². The fourth-order valence-corrected chi connectivity index (χ4v) is 4.52. The van der Waals surface area contributed by atoms with Crippen LogP contribution in [0.5, 0.6) is 11.5 Å². The number of hydrogen-bond acceptors (Lipinski definition) is 5. The Morgan fingerprint density at radius 2 is 1.94 bits per heavy atom. The maximum absolute atomic E-state index is 13.5. The van der Waals surface area contributed by atoms with Gasteiger partial charge in [0.05, 0.1) is 13.0 Å². The molecule has 0 radical (unpaired) electrons. The summed E-state index contributed by atoms with van der Waals surface area (Å²) >= 11 is 0. The molecule has 1 unspecified atom stereocenters. The van der Waals surface area contributed by atoms with Crippen LogP contribution < -0.4 is 10.1 Å². The fraction of sp³-hybridized carbons (Fsp3) is 0.320. The van der Waals surface area contributed by atoms with Crippen LogP contribution in [-0.4, -0.2) is 29.6 Å². The SMILES string of the molecule is COc1cc([C@@H]2C3=C(CCCC3=O)N=C(C)C2C(=O)Nc2ccccc2C)ccc1O. The average molecular weight is 418 g/mol. The smallest absolute Gasteiger partial charge is 0.234 e. The van der Waals surface area contributed by atoms with Gasteiger partial charge in [0.25, 0.3) is 0 Å². The molecule has 1 aliphatic carbocycles. The normalized spacial score (nSPS) is 20.7. The van der Waals surface area contributed by atoms with Crippen molar-refractivity contribution < 1.29 is 19.4 Å². The number of phenols is 1. The van der Waals surface area contributed by atoms with Gasteiger partial charge in [0, 0.05) is 35.0 Å². The van der Waals surface area contributed by atoms with E-state index in [1.54, 1.807) is 18.2 Å². The van der Waals surface area contributed by atoms with Crippen LogP contribution in [0.3, 0.4) is 0 Å². The van der Waals surface area contributed by atoms with Gasteiger partial charge >= 0.3 is 0 Å². The first kappa shape index (κ1) is 20.8. The molecule has 1 amide bonds. The van der Waals surface area contributed by atoms with E-state index in [1.165, 1.54) is 7.11 Å². The summed E-state index contributed by atoms with van der Waals surface area (Å²) in [5, 5.41) is 13.1. The average Bonchev–Trinajstić information content (AvgIpc) is 2.75. The molecule has 6 nitrogen and oxygen atoms in total. The Morgan fingerprint density at radius 1 is 1.16 bits per heavy atom. The Kier molecular flexibility index (Phi) is 5.63. The van der Waals surface area contributed by atoms with Gasteiger partial charge in [-0.25, -0.2) is 0 Å². The van der Waals surface area contributed by atoms with E-state index in [1.807, 2.05) is 38.1 Å². The van der Waals surface area contributed by atoms with E-state index in [2.05, 4.69) is 5.32 Å². The zero-order valence-corrected chi connectivity index (χ0v) is 17.9. The minimum atomic E-state index is -0.644. The zero-order valence-electron chi connectivity index (χ0n) is 17.9. The van der Waals surface area contributed by atoms with Gasteiger partial charge in [-0.2, -0.15) is 0 Å². The monoisotopic (exact) mass is 418 g/mol. The molecule has 6 heteroatoms. The number of phenolic OH excluding ortho intramolecular Hbond substituents is 1. The van der Waals surface area contributed by atoms with Gasteiger partial charge in [-0.3, -0.25) is 14.6 Å². The lowest BCUT2D eigenvalue weighted by Crippen LogP contribution is -2.39. The highest BCUT2D eigenvalue weighted by molar-refractivity contribution is 6.13. The first-order valence-electron chi connectivity index (χ1n) is 10.5. The van der Waals surface area contributed by atoms with Crippen LogP contribution in [0.4, 0.5) is 5.69 Å². The molecule has 2 aromatic rings. The number of amides is 1. The largest absolute Gasteiger partial charge is 0.504 e. The number of aromatic hydroxyl groups is 1. The van der Waals surface area contributed by atoms with Gasteiger partial charge in [0.15, 0.2) is 17.3 Å². The number of ether oxygens (including phenoxy) is 1. The van der Waals surface area contributed by atoms with Crippen LogP contribution >= 0.6 is 0 Å². The third-order valence-corrected chi connectivity index (χ3v) is 6.08. The Labute approximate surface area is 181 Å². The molecule has 0 aromatic heterocycles. The van der Waals surface area contributed by atoms with Crippen molar-refractivity contribution in [3.63, 3.8) is 0 Å². The molecule has 2 N–H and O–H groups in total. The van der Waals surface area contributed by atoms with E-state index in [0.29, 0.717) is 23.5 Å². The highest BCUT2D eigenvalue weighted by atomic mass is 16.5. The fourth-order valence-electron chi connectivity index (χ4n) is 4.52. The number of para-hydroxylation sites is 1. The van der Waals surface area contributed by atoms with E-state index < -0.39 is 11.8 Å². The summed E-state index contributed by atoms with van der Waals surface area (Å²) in [6.45, 7) is 3.78. The second-order valence-electron chi connectivity index (χ2n) is 8.08. The molecule has 0 bridgehead atoms. The maximum Gasteiger partial charge on any atom is 0.234 e. The van der Waals surface area contributed by atoms with Gasteiger partial charge in [-0.05, 0) is 56.0 Å². The van der Waals surface area contributed by atoms with E-state index in [-0.39, 0.29) is 17.4 Å². The van der Waals surface area contributed by atoms with Crippen molar-refractivity contribution in [2.24, 2.45) is 10.9 Å². The molecular weight excluding hydrogens is 392 g/mol. The van der Waals surface area contributed by atoms with E-state index in [0.717, 1.165) is 35.4 Å². The molecule has 0 saturated heterocycles. The van der Waals surface area contributed by atoms with Crippen molar-refractivity contribution in [2.75, 3.05) is 12.4 Å². The van der Waals surface area contributed by atoms with Crippen LogP contribution in [0.1, 0.15) is 43.2 Å². The summed E-state index contributed by atoms with van der Waals surface area (Å²) in [5.74, 6) is -0.993. The summed E-state index contributed by atoms with van der Waals surface area (Å²) in [4.78, 5) is 31.2. The molecule has 0 saturated carbocycles. The molecule has 2 atom stereocenters. The lowest BCUT2D eigenvalue weighted by Gasteiger charge is -2.35. The number of carbonyl (C=O) groups is 2. The molecule has 1 heterocycles. The van der Waals surface area contributed by atoms with Crippen molar-refractivity contribution in [2.45, 2.75) is 39.0 Å². The first-order chi connectivity index (χ1) is 14.9. The predicted molar refractivity (Wildman–Crippen MR) is 120 cm³/mol. The summed E-state index contributed by atoms with van der Waals surface area (Å²) in [6, 6.07) is 12.6. The number of hydrogen-bond donors (Lipinski definition) is 2. The number of ketones is 1. The number of nitrogens with zero attached hydrogens (tertiary/aromatic N) is 1. The van der Waals surface area contributed by atoms with Crippen LogP contribution in [0, 0.1) is 12.8 Å². The molecule has 31 heavy (non-hydrogen) atoms. The molecule has 1 aliphatic heterocycles. The Balaban J connectivity index is 1.81. The van der Waals surface area contributed by atoms with Crippen molar-refractivity contribution in [3.8, 4) is 11.5 Å². The lowest BCUT2D eigenvalue weighted by atomic mass is 9.71. The first-order valence-corrected chi connectivity index (χ1v) is 10.5. The number of benzene rings is 2. The predicted octanol–water partition coefficient (Wildman–Crippen LogP) is 4.53. The van der Waals surface area contributed by atoms with Gasteiger partial charge in [0.1, 0.15) is 0 Å². The second kappa shape index (κ2) is 8.38. The van der Waals surface area contributed by atoms with Crippen LogP contribution in [0.2, 0.25) is 0 Å². The summed E-state index contributed by atoms with van der Waals surface area (Å²) in [6.07, 6.45) is 1.93. The number of allylic oxidation sites excluding steroid dienone is 2. The molecular formula is C25H26N2O4. The molecule has 0 fully saturated rings. The van der Waals surface area contributed by atoms with Crippen LogP contribution in [-0.2, 0) is 9.59 Å². The maximum atomic E-state index is 13.5. The summed E-state index contributed by atoms with van der Waals surface area (Å²) in [5.41, 5.74) is 4.49. The van der Waals surface area contributed by atoms with E-state index in [9.17, 15) is 14.7 Å². The molecule has 2 aromatic carbocycles. The minimum absolute atomic E-state index is 0.0116. The van der Waals surface area contributed by atoms with E-state index in [4.69, 9.17) is 9.73 Å². The molecule has 0 spiro atoms. The number of rotatable bonds is 4. The Bertz CT molecular complexity index is 1120. The molecule has 4 rings (SSSR count). The van der Waals surface area contributed by atoms with Gasteiger partial charge in [0.2, 0.25) is 5.91 Å². The van der Waals surface area contributed by atoms with Crippen molar-refractivity contribution in [3.05, 3.63) is 64.9 Å². The minimum Gasteiger partial charge on any atom is -0.504 e. The number of carbonyl (C=O) groups excluding carboxylic acids is 2. The lowest BCUT2D eigenvalue weighted by molar-refractivity contribution is -0.119.